The van der Waals surface area contributed by atoms with Crippen LogP contribution in [0.3, 0.4) is 0 Å². The third-order valence-corrected chi connectivity index (χ3v) is 3.69. The van der Waals surface area contributed by atoms with Gasteiger partial charge in [0.05, 0.1) is 12.7 Å². The van der Waals surface area contributed by atoms with Crippen LogP contribution in [0, 0.1) is 0 Å². The zero-order valence-corrected chi connectivity index (χ0v) is 13.7. The third-order valence-electron chi connectivity index (χ3n) is 3.69. The van der Waals surface area contributed by atoms with Gasteiger partial charge in [0.1, 0.15) is 0 Å². The van der Waals surface area contributed by atoms with Crippen molar-refractivity contribution in [3.05, 3.63) is 71.3 Å². The molecule has 0 saturated heterocycles. The SMILES string of the molecule is COC(=O)c1ccc(CC(c2ccccc2)C(C)N)cc1.Cl. The molecular weight excluding hydrogens is 298 g/mol. The highest BCUT2D eigenvalue weighted by atomic mass is 35.5. The number of nitrogens with two attached hydrogens (primary N) is 1. The smallest absolute Gasteiger partial charge is 0.337 e. The fourth-order valence-corrected chi connectivity index (χ4v) is 2.46. The van der Waals surface area contributed by atoms with Gasteiger partial charge in [0.25, 0.3) is 0 Å². The van der Waals surface area contributed by atoms with Crippen molar-refractivity contribution in [1.82, 2.24) is 0 Å². The molecule has 0 radical (unpaired) electrons. The largest absolute Gasteiger partial charge is 0.465 e. The fourth-order valence-electron chi connectivity index (χ4n) is 2.46. The number of benzene rings is 2. The first kappa shape index (κ1) is 18.2. The monoisotopic (exact) mass is 319 g/mol. The molecule has 0 aliphatic carbocycles. The highest BCUT2D eigenvalue weighted by Gasteiger charge is 2.17. The predicted molar refractivity (Wildman–Crippen MR) is 91.6 cm³/mol. The molecule has 2 unspecified atom stereocenters. The van der Waals surface area contributed by atoms with E-state index in [1.165, 1.54) is 12.7 Å². The Morgan fingerprint density at radius 2 is 1.68 bits per heavy atom. The molecule has 118 valence electrons. The fraction of sp³-hybridized carbons (Fsp3) is 0.278. The summed E-state index contributed by atoms with van der Waals surface area (Å²) in [6.45, 7) is 2.03. The molecule has 0 aromatic heterocycles. The first-order valence-corrected chi connectivity index (χ1v) is 7.09. The van der Waals surface area contributed by atoms with Crippen LogP contribution in [-0.2, 0) is 11.2 Å². The van der Waals surface area contributed by atoms with Crippen molar-refractivity contribution in [2.75, 3.05) is 7.11 Å². The van der Waals surface area contributed by atoms with Gasteiger partial charge in [0.15, 0.2) is 0 Å². The Morgan fingerprint density at radius 1 is 1.09 bits per heavy atom. The molecule has 2 N–H and O–H groups in total. The molecule has 0 spiro atoms. The average molecular weight is 320 g/mol. The van der Waals surface area contributed by atoms with Gasteiger partial charge in [-0.05, 0) is 36.6 Å². The maximum atomic E-state index is 11.4. The van der Waals surface area contributed by atoms with Gasteiger partial charge >= 0.3 is 5.97 Å². The Labute approximate surface area is 137 Å². The predicted octanol–water partition coefficient (Wildman–Crippen LogP) is 3.57. The number of esters is 1. The Hall–Kier alpha value is -1.84. The van der Waals surface area contributed by atoms with Gasteiger partial charge < -0.3 is 10.5 Å². The van der Waals surface area contributed by atoms with E-state index < -0.39 is 0 Å². The van der Waals surface area contributed by atoms with E-state index in [0.29, 0.717) is 5.56 Å². The molecule has 0 bridgehead atoms. The van der Waals surface area contributed by atoms with Gasteiger partial charge in [0.2, 0.25) is 0 Å². The summed E-state index contributed by atoms with van der Waals surface area (Å²) >= 11 is 0. The molecule has 0 aliphatic heterocycles. The number of carbonyl (C=O) groups is 1. The van der Waals surface area contributed by atoms with Crippen molar-refractivity contribution >= 4 is 18.4 Å². The molecule has 0 amide bonds. The Bertz CT molecular complexity index is 582. The number of hydrogen-bond donors (Lipinski definition) is 1. The quantitative estimate of drug-likeness (QED) is 0.857. The van der Waals surface area contributed by atoms with Crippen LogP contribution in [0.25, 0.3) is 0 Å². The normalized spacial score (nSPS) is 12.9. The van der Waals surface area contributed by atoms with E-state index in [9.17, 15) is 4.79 Å². The van der Waals surface area contributed by atoms with Crippen molar-refractivity contribution in [1.29, 1.82) is 0 Å². The Morgan fingerprint density at radius 3 is 2.18 bits per heavy atom. The Balaban J connectivity index is 0.00000242. The minimum Gasteiger partial charge on any atom is -0.465 e. The summed E-state index contributed by atoms with van der Waals surface area (Å²) in [6.07, 6.45) is 0.850. The Kier molecular flexibility index (Phi) is 7.09. The third kappa shape index (κ3) is 4.58. The number of methoxy groups -OCH3 is 1. The first-order chi connectivity index (χ1) is 10.1. The lowest BCUT2D eigenvalue weighted by Gasteiger charge is -2.21. The van der Waals surface area contributed by atoms with Crippen LogP contribution in [-0.4, -0.2) is 19.1 Å². The molecule has 0 heterocycles. The summed E-state index contributed by atoms with van der Waals surface area (Å²) in [5, 5.41) is 0. The molecule has 2 aromatic carbocycles. The topological polar surface area (TPSA) is 52.3 Å². The van der Waals surface area contributed by atoms with Crippen LogP contribution in [0.2, 0.25) is 0 Å². The summed E-state index contributed by atoms with van der Waals surface area (Å²) < 4.78 is 4.71. The van der Waals surface area contributed by atoms with E-state index in [-0.39, 0.29) is 30.3 Å². The average Bonchev–Trinajstić information content (AvgIpc) is 2.53. The highest BCUT2D eigenvalue weighted by Crippen LogP contribution is 2.23. The van der Waals surface area contributed by atoms with Crippen LogP contribution in [0.1, 0.15) is 34.3 Å². The minimum absolute atomic E-state index is 0. The van der Waals surface area contributed by atoms with Crippen molar-refractivity contribution in [2.45, 2.75) is 25.3 Å². The van der Waals surface area contributed by atoms with Crippen LogP contribution in [0.15, 0.2) is 54.6 Å². The van der Waals surface area contributed by atoms with E-state index in [2.05, 4.69) is 12.1 Å². The molecular formula is C18H22ClNO2. The van der Waals surface area contributed by atoms with Crippen molar-refractivity contribution in [2.24, 2.45) is 5.73 Å². The highest BCUT2D eigenvalue weighted by molar-refractivity contribution is 5.89. The number of ether oxygens (including phenoxy) is 1. The maximum Gasteiger partial charge on any atom is 0.337 e. The maximum absolute atomic E-state index is 11.4. The second-order valence-electron chi connectivity index (χ2n) is 5.27. The molecule has 2 atom stereocenters. The van der Waals surface area contributed by atoms with Crippen LogP contribution in [0.5, 0.6) is 0 Å². The molecule has 2 aromatic rings. The second kappa shape index (κ2) is 8.57. The summed E-state index contributed by atoms with van der Waals surface area (Å²) in [6, 6.07) is 17.9. The van der Waals surface area contributed by atoms with E-state index in [1.54, 1.807) is 12.1 Å². The molecule has 4 heteroatoms. The first-order valence-electron chi connectivity index (χ1n) is 7.09. The van der Waals surface area contributed by atoms with Gasteiger partial charge in [-0.1, -0.05) is 42.5 Å². The molecule has 2 rings (SSSR count). The van der Waals surface area contributed by atoms with Crippen molar-refractivity contribution in [3.8, 4) is 0 Å². The lowest BCUT2D eigenvalue weighted by molar-refractivity contribution is 0.0600. The van der Waals surface area contributed by atoms with E-state index in [0.717, 1.165) is 12.0 Å². The number of halogens is 1. The van der Waals surface area contributed by atoms with Crippen molar-refractivity contribution < 1.29 is 9.53 Å². The van der Waals surface area contributed by atoms with Gasteiger partial charge in [-0.3, -0.25) is 0 Å². The van der Waals surface area contributed by atoms with E-state index in [4.69, 9.17) is 10.5 Å². The van der Waals surface area contributed by atoms with Gasteiger partial charge in [-0.2, -0.15) is 0 Å². The van der Waals surface area contributed by atoms with Crippen LogP contribution >= 0.6 is 12.4 Å². The molecule has 3 nitrogen and oxygen atoms in total. The molecule has 0 saturated carbocycles. The van der Waals surface area contributed by atoms with Crippen molar-refractivity contribution in [3.63, 3.8) is 0 Å². The van der Waals surface area contributed by atoms with Crippen LogP contribution in [0.4, 0.5) is 0 Å². The summed E-state index contributed by atoms with van der Waals surface area (Å²) in [5.41, 5.74) is 9.11. The standard InChI is InChI=1S/C18H21NO2.ClH/c1-13(19)17(15-6-4-3-5-7-15)12-14-8-10-16(11-9-14)18(20)21-2;/h3-11,13,17H,12,19H2,1-2H3;1H. The molecule has 0 aliphatic rings. The zero-order valence-electron chi connectivity index (χ0n) is 12.9. The summed E-state index contributed by atoms with van der Waals surface area (Å²) in [4.78, 5) is 11.4. The lowest BCUT2D eigenvalue weighted by Crippen LogP contribution is -2.26. The minimum atomic E-state index is -0.312. The summed E-state index contributed by atoms with van der Waals surface area (Å²) in [5.74, 6) is -0.0523. The van der Waals surface area contributed by atoms with Gasteiger partial charge in [-0.25, -0.2) is 4.79 Å². The zero-order chi connectivity index (χ0) is 15.2. The van der Waals surface area contributed by atoms with E-state index in [1.807, 2.05) is 37.3 Å². The second-order valence-corrected chi connectivity index (χ2v) is 5.27. The summed E-state index contributed by atoms with van der Waals surface area (Å²) in [7, 11) is 1.39. The number of rotatable bonds is 5. The number of hydrogen-bond acceptors (Lipinski definition) is 3. The number of carbonyl (C=O) groups excluding carboxylic acids is 1. The van der Waals surface area contributed by atoms with Gasteiger partial charge in [-0.15, -0.1) is 12.4 Å². The lowest BCUT2D eigenvalue weighted by atomic mass is 9.87. The molecule has 22 heavy (non-hydrogen) atoms. The molecule has 0 fully saturated rings. The van der Waals surface area contributed by atoms with E-state index >= 15 is 0 Å². The van der Waals surface area contributed by atoms with Gasteiger partial charge in [0, 0.05) is 12.0 Å². The van der Waals surface area contributed by atoms with Crippen LogP contribution < -0.4 is 5.73 Å².